The predicted molar refractivity (Wildman–Crippen MR) is 90.8 cm³/mol. The summed E-state index contributed by atoms with van der Waals surface area (Å²) < 4.78 is 18.6. The van der Waals surface area contributed by atoms with Gasteiger partial charge in [-0.15, -0.1) is 0 Å². The fraction of sp³-hybridized carbons (Fsp3) is 0.111. The third kappa shape index (κ3) is 3.16. The Labute approximate surface area is 143 Å². The summed E-state index contributed by atoms with van der Waals surface area (Å²) in [5, 5.41) is 7.22. The Hall–Kier alpha value is -2.66. The zero-order valence-corrected chi connectivity index (χ0v) is 13.8. The minimum absolute atomic E-state index is 0.264. The van der Waals surface area contributed by atoms with Crippen LogP contribution in [0.1, 0.15) is 21.7 Å². The molecule has 6 heteroatoms. The first-order valence-electron chi connectivity index (χ1n) is 7.25. The molecule has 3 rings (SSSR count). The highest BCUT2D eigenvalue weighted by molar-refractivity contribution is 6.31. The molecule has 0 radical (unpaired) electrons. The second-order valence-electron chi connectivity index (χ2n) is 5.39. The van der Waals surface area contributed by atoms with Crippen LogP contribution in [-0.2, 0) is 0 Å². The molecule has 1 heterocycles. The van der Waals surface area contributed by atoms with E-state index in [2.05, 4.69) is 10.5 Å². The summed E-state index contributed by atoms with van der Waals surface area (Å²) in [6.45, 7) is 3.50. The zero-order chi connectivity index (χ0) is 17.3. The minimum atomic E-state index is -0.412. The summed E-state index contributed by atoms with van der Waals surface area (Å²) in [4.78, 5) is 12.7. The van der Waals surface area contributed by atoms with Crippen molar-refractivity contribution in [3.8, 4) is 11.3 Å². The fourth-order valence-corrected chi connectivity index (χ4v) is 2.56. The third-order valence-corrected chi connectivity index (χ3v) is 3.87. The van der Waals surface area contributed by atoms with E-state index < -0.39 is 11.7 Å². The lowest BCUT2D eigenvalue weighted by molar-refractivity contribution is 0.102. The van der Waals surface area contributed by atoms with Crippen LogP contribution in [0.25, 0.3) is 11.3 Å². The van der Waals surface area contributed by atoms with Gasteiger partial charge < -0.3 is 9.84 Å². The van der Waals surface area contributed by atoms with Gasteiger partial charge in [0.05, 0.1) is 0 Å². The Balaban J connectivity index is 1.99. The van der Waals surface area contributed by atoms with Gasteiger partial charge >= 0.3 is 0 Å². The molecule has 0 aliphatic heterocycles. The van der Waals surface area contributed by atoms with Gasteiger partial charge in [0.15, 0.2) is 0 Å². The monoisotopic (exact) mass is 344 g/mol. The quantitative estimate of drug-likeness (QED) is 0.727. The van der Waals surface area contributed by atoms with Gasteiger partial charge in [-0.1, -0.05) is 35.0 Å². The highest BCUT2D eigenvalue weighted by atomic mass is 35.5. The number of nitrogens with zero attached hydrogens (tertiary/aromatic N) is 1. The van der Waals surface area contributed by atoms with Gasteiger partial charge in [0, 0.05) is 16.3 Å². The van der Waals surface area contributed by atoms with E-state index in [1.165, 1.54) is 12.1 Å². The molecule has 3 aromatic rings. The number of aryl methyl sites for hydroxylation is 2. The van der Waals surface area contributed by atoms with E-state index in [4.69, 9.17) is 16.1 Å². The molecule has 24 heavy (non-hydrogen) atoms. The van der Waals surface area contributed by atoms with E-state index in [9.17, 15) is 9.18 Å². The van der Waals surface area contributed by atoms with Gasteiger partial charge in [0.2, 0.25) is 0 Å². The second kappa shape index (κ2) is 6.45. The first kappa shape index (κ1) is 16.2. The van der Waals surface area contributed by atoms with Gasteiger partial charge in [-0.2, -0.15) is 0 Å². The van der Waals surface area contributed by atoms with E-state index in [-0.39, 0.29) is 5.56 Å². The number of nitrogens with one attached hydrogen (secondary N) is 1. The Morgan fingerprint density at radius 3 is 2.75 bits per heavy atom. The summed E-state index contributed by atoms with van der Waals surface area (Å²) in [7, 11) is 0. The lowest BCUT2D eigenvalue weighted by atomic mass is 10.1. The molecule has 0 aliphatic rings. The van der Waals surface area contributed by atoms with E-state index in [0.717, 1.165) is 5.56 Å². The zero-order valence-electron chi connectivity index (χ0n) is 13.1. The average Bonchev–Trinajstić information content (AvgIpc) is 2.93. The van der Waals surface area contributed by atoms with Crippen LogP contribution in [0.5, 0.6) is 0 Å². The number of rotatable bonds is 3. The van der Waals surface area contributed by atoms with Gasteiger partial charge in [-0.3, -0.25) is 4.79 Å². The van der Waals surface area contributed by atoms with Gasteiger partial charge in [0.1, 0.15) is 22.8 Å². The van der Waals surface area contributed by atoms with Gasteiger partial charge in [0.25, 0.3) is 5.91 Å². The van der Waals surface area contributed by atoms with Crippen molar-refractivity contribution in [3.05, 3.63) is 70.2 Å². The molecular weight excluding hydrogens is 331 g/mol. The average molecular weight is 345 g/mol. The number of hydrogen-bond donors (Lipinski definition) is 1. The van der Waals surface area contributed by atoms with Crippen molar-refractivity contribution in [1.29, 1.82) is 0 Å². The first-order valence-corrected chi connectivity index (χ1v) is 7.63. The van der Waals surface area contributed by atoms with E-state index in [1.807, 2.05) is 13.0 Å². The topological polar surface area (TPSA) is 55.1 Å². The van der Waals surface area contributed by atoms with Crippen LogP contribution in [0.15, 0.2) is 47.0 Å². The number of benzene rings is 2. The summed E-state index contributed by atoms with van der Waals surface area (Å²) in [5.74, 6) is -0.449. The molecule has 0 bridgehead atoms. The minimum Gasteiger partial charge on any atom is -0.360 e. The number of halogens is 2. The molecule has 0 atom stereocenters. The lowest BCUT2D eigenvalue weighted by Gasteiger charge is -2.09. The maximum atomic E-state index is 13.5. The van der Waals surface area contributed by atoms with Crippen molar-refractivity contribution in [1.82, 2.24) is 5.16 Å². The molecular formula is C18H14ClFN2O2. The highest BCUT2D eigenvalue weighted by Gasteiger charge is 2.22. The third-order valence-electron chi connectivity index (χ3n) is 3.64. The van der Waals surface area contributed by atoms with E-state index in [1.54, 1.807) is 31.2 Å². The van der Waals surface area contributed by atoms with E-state index >= 15 is 0 Å². The maximum Gasteiger partial charge on any atom is 0.261 e. The Morgan fingerprint density at radius 1 is 1.21 bits per heavy atom. The van der Waals surface area contributed by atoms with Gasteiger partial charge in [-0.25, -0.2) is 4.39 Å². The molecule has 4 nitrogen and oxygen atoms in total. The van der Waals surface area contributed by atoms with Gasteiger partial charge in [-0.05, 0) is 43.7 Å². The molecule has 0 saturated carbocycles. The molecule has 0 unspecified atom stereocenters. The second-order valence-corrected chi connectivity index (χ2v) is 5.82. The highest BCUT2D eigenvalue weighted by Crippen LogP contribution is 2.28. The molecule has 0 fully saturated rings. The van der Waals surface area contributed by atoms with Crippen molar-refractivity contribution in [2.45, 2.75) is 13.8 Å². The molecule has 1 amide bonds. The number of hydrogen-bond acceptors (Lipinski definition) is 3. The Morgan fingerprint density at radius 2 is 2.00 bits per heavy atom. The molecule has 0 aliphatic carbocycles. The van der Waals surface area contributed by atoms with Crippen LogP contribution in [0.2, 0.25) is 5.02 Å². The predicted octanol–water partition coefficient (Wildman–Crippen LogP) is 5.00. The SMILES string of the molecule is Cc1ccc(Cl)cc1NC(=O)c1c(-c2cccc(F)c2)noc1C. The molecule has 122 valence electrons. The Kier molecular flexibility index (Phi) is 4.36. The van der Waals surface area contributed by atoms with Crippen molar-refractivity contribution < 1.29 is 13.7 Å². The van der Waals surface area contributed by atoms with Crippen LogP contribution in [0.4, 0.5) is 10.1 Å². The lowest BCUT2D eigenvalue weighted by Crippen LogP contribution is -2.14. The van der Waals surface area contributed by atoms with Crippen LogP contribution >= 0.6 is 11.6 Å². The number of amides is 1. The molecule has 2 aromatic carbocycles. The molecule has 1 N–H and O–H groups in total. The van der Waals surface area contributed by atoms with E-state index in [0.29, 0.717) is 27.7 Å². The molecule has 0 spiro atoms. The standard InChI is InChI=1S/C18H14ClFN2O2/c1-10-6-7-13(19)9-15(10)21-18(23)16-11(2)24-22-17(16)12-4-3-5-14(20)8-12/h3-9H,1-2H3,(H,21,23). The van der Waals surface area contributed by atoms with Crippen molar-refractivity contribution in [3.63, 3.8) is 0 Å². The normalized spacial score (nSPS) is 10.7. The fourth-order valence-electron chi connectivity index (χ4n) is 2.39. The number of carbonyl (C=O) groups is 1. The number of carbonyl (C=O) groups excluding carboxylic acids is 1. The molecule has 0 saturated heterocycles. The summed E-state index contributed by atoms with van der Waals surface area (Å²) in [5.41, 5.74) is 2.50. The van der Waals surface area contributed by atoms with Crippen LogP contribution in [0.3, 0.4) is 0 Å². The summed E-state index contributed by atoms with van der Waals surface area (Å²) in [6.07, 6.45) is 0. The van der Waals surface area contributed by atoms with Crippen molar-refractivity contribution in [2.24, 2.45) is 0 Å². The largest absolute Gasteiger partial charge is 0.360 e. The van der Waals surface area contributed by atoms with Crippen molar-refractivity contribution in [2.75, 3.05) is 5.32 Å². The summed E-state index contributed by atoms with van der Waals surface area (Å²) >= 11 is 5.98. The molecule has 1 aromatic heterocycles. The smallest absolute Gasteiger partial charge is 0.261 e. The number of aromatic nitrogens is 1. The maximum absolute atomic E-state index is 13.5. The first-order chi connectivity index (χ1) is 11.5. The Bertz CT molecular complexity index is 921. The van der Waals surface area contributed by atoms with Crippen LogP contribution in [-0.4, -0.2) is 11.1 Å². The number of anilines is 1. The van der Waals surface area contributed by atoms with Crippen LogP contribution < -0.4 is 5.32 Å². The van der Waals surface area contributed by atoms with Crippen molar-refractivity contribution >= 4 is 23.2 Å². The van der Waals surface area contributed by atoms with Crippen LogP contribution in [0, 0.1) is 19.7 Å². The summed E-state index contributed by atoms with van der Waals surface area (Å²) in [6, 6.07) is 11.1.